The number of benzene rings is 2. The molecule has 0 aromatic heterocycles. The van der Waals surface area contributed by atoms with E-state index in [0.717, 1.165) is 5.56 Å². The van der Waals surface area contributed by atoms with E-state index in [2.05, 4.69) is 0 Å². The number of hydrogen-bond donors (Lipinski definition) is 1. The third-order valence-corrected chi connectivity index (χ3v) is 3.24. The third-order valence-electron chi connectivity index (χ3n) is 2.52. The maximum absolute atomic E-state index is 11.4. The Morgan fingerprint density at radius 3 is 2.33 bits per heavy atom. The molecule has 0 aliphatic rings. The van der Waals surface area contributed by atoms with E-state index in [9.17, 15) is 8.76 Å². The molecule has 0 spiro atoms. The van der Waals surface area contributed by atoms with Crippen molar-refractivity contribution in [2.45, 2.75) is 6.92 Å². The van der Waals surface area contributed by atoms with Gasteiger partial charge in [-0.25, -0.2) is 0 Å². The first-order chi connectivity index (χ1) is 8.58. The van der Waals surface area contributed by atoms with Gasteiger partial charge in [0.15, 0.2) is 0 Å². The molecule has 2 rings (SSSR count). The molecular weight excluding hydrogens is 248 g/mol. The Labute approximate surface area is 108 Å². The van der Waals surface area contributed by atoms with Crippen LogP contribution >= 0.6 is 0 Å². The molecule has 0 saturated heterocycles. The Kier molecular flexibility index (Phi) is 3.64. The van der Waals surface area contributed by atoms with E-state index < -0.39 is 11.3 Å². The number of aryl methyl sites for hydroxylation is 1. The number of nitrogen functional groups attached to an aromatic ring is 1. The summed E-state index contributed by atoms with van der Waals surface area (Å²) in [5.41, 5.74) is 8.37. The van der Waals surface area contributed by atoms with Crippen molar-refractivity contribution in [3.8, 4) is 0 Å². The predicted octanol–water partition coefficient (Wildman–Crippen LogP) is 2.51. The van der Waals surface area contributed by atoms with Gasteiger partial charge >= 0.3 is 0 Å². The summed E-state index contributed by atoms with van der Waals surface area (Å²) >= 11 is -2.39. The third kappa shape index (κ3) is 2.69. The van der Waals surface area contributed by atoms with Gasteiger partial charge in [-0.1, -0.05) is 23.8 Å². The van der Waals surface area contributed by atoms with Crippen LogP contribution in [0.4, 0.5) is 17.1 Å². The Hall–Kier alpha value is -1.85. The van der Waals surface area contributed by atoms with Gasteiger partial charge in [-0.2, -0.15) is 0 Å². The molecular formula is C13H13N2O2S-. The highest BCUT2D eigenvalue weighted by molar-refractivity contribution is 7.81. The molecule has 2 N–H and O–H groups in total. The van der Waals surface area contributed by atoms with Crippen molar-refractivity contribution in [2.75, 3.05) is 10.0 Å². The fraction of sp³-hybridized carbons (Fsp3) is 0.0769. The van der Waals surface area contributed by atoms with Gasteiger partial charge in [0.05, 0.1) is 22.6 Å². The molecule has 94 valence electrons. The van der Waals surface area contributed by atoms with E-state index in [-0.39, 0.29) is 0 Å². The lowest BCUT2D eigenvalue weighted by molar-refractivity contribution is 0.537. The first-order valence-corrected chi connectivity index (χ1v) is 6.43. The van der Waals surface area contributed by atoms with Gasteiger partial charge in [0.1, 0.15) is 0 Å². The molecule has 0 aliphatic carbocycles. The Morgan fingerprint density at radius 2 is 1.78 bits per heavy atom. The van der Waals surface area contributed by atoms with Gasteiger partial charge in [-0.15, -0.1) is 0 Å². The van der Waals surface area contributed by atoms with Crippen LogP contribution in [-0.4, -0.2) is 8.76 Å². The van der Waals surface area contributed by atoms with Crippen LogP contribution in [0.15, 0.2) is 48.5 Å². The van der Waals surface area contributed by atoms with E-state index >= 15 is 0 Å². The van der Waals surface area contributed by atoms with Crippen molar-refractivity contribution in [2.24, 2.45) is 0 Å². The van der Waals surface area contributed by atoms with Crippen molar-refractivity contribution in [3.05, 3.63) is 54.1 Å². The summed E-state index contributed by atoms with van der Waals surface area (Å²) in [6.07, 6.45) is 0. The minimum atomic E-state index is -2.39. The number of nitrogens with zero attached hydrogens (tertiary/aromatic N) is 1. The standard InChI is InChI=1S/C13H14N2O2S/c1-10-5-7-12(8-6-10)15(18(16)17)13-4-2-3-11(14)9-13/h2-9H,14H2,1H3,(H,16,17)/p-1. The largest absolute Gasteiger partial charge is 0.755 e. The van der Waals surface area contributed by atoms with Crippen LogP contribution in [-0.2, 0) is 11.3 Å². The van der Waals surface area contributed by atoms with Crippen molar-refractivity contribution < 1.29 is 8.76 Å². The van der Waals surface area contributed by atoms with Gasteiger partial charge in [-0.3, -0.25) is 8.51 Å². The molecule has 0 bridgehead atoms. The van der Waals surface area contributed by atoms with Crippen LogP contribution < -0.4 is 10.0 Å². The number of hydrogen-bond acceptors (Lipinski definition) is 3. The van der Waals surface area contributed by atoms with Gasteiger partial charge in [0, 0.05) is 5.69 Å². The summed E-state index contributed by atoms with van der Waals surface area (Å²) in [5.74, 6) is 0. The number of nitrogens with two attached hydrogens (primary N) is 1. The van der Waals surface area contributed by atoms with Gasteiger partial charge < -0.3 is 10.3 Å². The Morgan fingerprint density at radius 1 is 1.11 bits per heavy atom. The van der Waals surface area contributed by atoms with E-state index in [4.69, 9.17) is 5.73 Å². The fourth-order valence-corrected chi connectivity index (χ4v) is 2.23. The first-order valence-electron chi connectivity index (χ1n) is 5.39. The normalized spacial score (nSPS) is 12.1. The molecule has 0 saturated carbocycles. The fourth-order valence-electron chi connectivity index (χ4n) is 1.65. The van der Waals surface area contributed by atoms with Crippen molar-refractivity contribution >= 4 is 28.3 Å². The van der Waals surface area contributed by atoms with Crippen LogP contribution in [0.5, 0.6) is 0 Å². The molecule has 0 heterocycles. The molecule has 1 unspecified atom stereocenters. The molecule has 4 nitrogen and oxygen atoms in total. The molecule has 0 aliphatic heterocycles. The second-order valence-electron chi connectivity index (χ2n) is 3.94. The quantitative estimate of drug-likeness (QED) is 0.681. The average molecular weight is 261 g/mol. The van der Waals surface area contributed by atoms with Gasteiger partial charge in [-0.05, 0) is 37.3 Å². The molecule has 1 atom stereocenters. The Balaban J connectivity index is 2.46. The van der Waals surface area contributed by atoms with Crippen LogP contribution in [0.1, 0.15) is 5.56 Å². The first kappa shape index (κ1) is 12.6. The summed E-state index contributed by atoms with van der Waals surface area (Å²) in [6.45, 7) is 1.95. The van der Waals surface area contributed by atoms with E-state index in [1.54, 1.807) is 36.4 Å². The zero-order chi connectivity index (χ0) is 13.1. The summed E-state index contributed by atoms with van der Waals surface area (Å²) in [6, 6.07) is 14.0. The molecule has 0 fully saturated rings. The minimum absolute atomic E-state index is 0.521. The van der Waals surface area contributed by atoms with Crippen molar-refractivity contribution in [1.29, 1.82) is 0 Å². The van der Waals surface area contributed by atoms with Crippen LogP contribution in [0.2, 0.25) is 0 Å². The van der Waals surface area contributed by atoms with Crippen LogP contribution in [0, 0.1) is 6.92 Å². The topological polar surface area (TPSA) is 69.4 Å². The summed E-state index contributed by atoms with van der Waals surface area (Å²) < 4.78 is 24.0. The maximum atomic E-state index is 11.4. The molecule has 2 aromatic rings. The van der Waals surface area contributed by atoms with E-state index in [1.165, 1.54) is 4.31 Å². The van der Waals surface area contributed by atoms with E-state index in [1.807, 2.05) is 19.1 Å². The lowest BCUT2D eigenvalue weighted by Crippen LogP contribution is -2.19. The smallest absolute Gasteiger partial charge is 0.0558 e. The lowest BCUT2D eigenvalue weighted by Gasteiger charge is -2.26. The highest BCUT2D eigenvalue weighted by Gasteiger charge is 2.09. The molecule has 0 amide bonds. The predicted molar refractivity (Wildman–Crippen MR) is 73.1 cm³/mol. The molecule has 18 heavy (non-hydrogen) atoms. The molecule has 5 heteroatoms. The van der Waals surface area contributed by atoms with Crippen LogP contribution in [0.25, 0.3) is 0 Å². The molecule has 2 aromatic carbocycles. The highest BCUT2D eigenvalue weighted by Crippen LogP contribution is 2.28. The maximum Gasteiger partial charge on any atom is 0.0558 e. The van der Waals surface area contributed by atoms with Crippen molar-refractivity contribution in [3.63, 3.8) is 0 Å². The number of rotatable bonds is 3. The monoisotopic (exact) mass is 261 g/mol. The summed E-state index contributed by atoms with van der Waals surface area (Å²) in [7, 11) is 0. The SMILES string of the molecule is Cc1ccc(N(c2cccc(N)c2)S(=O)[O-])cc1. The zero-order valence-corrected chi connectivity index (χ0v) is 10.7. The Bertz CT molecular complexity index is 569. The van der Waals surface area contributed by atoms with E-state index in [0.29, 0.717) is 17.1 Å². The number of anilines is 3. The highest BCUT2D eigenvalue weighted by atomic mass is 32.2. The minimum Gasteiger partial charge on any atom is -0.755 e. The van der Waals surface area contributed by atoms with Gasteiger partial charge in [0.25, 0.3) is 0 Å². The van der Waals surface area contributed by atoms with Gasteiger partial charge in [0.2, 0.25) is 0 Å². The second-order valence-corrected chi connectivity index (χ2v) is 4.74. The lowest BCUT2D eigenvalue weighted by atomic mass is 10.2. The second kappa shape index (κ2) is 5.20. The molecule has 0 radical (unpaired) electrons. The van der Waals surface area contributed by atoms with Crippen molar-refractivity contribution in [1.82, 2.24) is 0 Å². The summed E-state index contributed by atoms with van der Waals surface area (Å²) in [4.78, 5) is 0. The zero-order valence-electron chi connectivity index (χ0n) is 9.87. The summed E-state index contributed by atoms with van der Waals surface area (Å²) in [5, 5.41) is 0. The van der Waals surface area contributed by atoms with Crippen LogP contribution in [0.3, 0.4) is 0 Å². The average Bonchev–Trinajstić information content (AvgIpc) is 2.32.